The molecule has 4 nitrogen and oxygen atoms in total. The SMILES string of the molecule is C=C(CC)[C@@H](COCC(O)C(F)(F)F)C(=O)O. The van der Waals surface area contributed by atoms with Gasteiger partial charge in [0.25, 0.3) is 0 Å². The number of carbonyl (C=O) groups is 1. The van der Waals surface area contributed by atoms with Gasteiger partial charge in [-0.25, -0.2) is 0 Å². The van der Waals surface area contributed by atoms with Crippen LogP contribution in [-0.2, 0) is 9.53 Å². The molecule has 100 valence electrons. The summed E-state index contributed by atoms with van der Waals surface area (Å²) in [5.74, 6) is -2.27. The molecule has 0 rings (SSSR count). The second-order valence-corrected chi connectivity index (χ2v) is 3.50. The molecule has 0 aromatic carbocycles. The Labute approximate surface area is 96.7 Å². The minimum absolute atomic E-state index is 0.360. The van der Waals surface area contributed by atoms with Gasteiger partial charge in [-0.1, -0.05) is 19.1 Å². The Hall–Kier alpha value is -1.08. The van der Waals surface area contributed by atoms with Gasteiger partial charge in [-0.3, -0.25) is 4.79 Å². The van der Waals surface area contributed by atoms with Crippen molar-refractivity contribution in [1.82, 2.24) is 0 Å². The summed E-state index contributed by atoms with van der Waals surface area (Å²) in [6, 6.07) is 0. The molecule has 17 heavy (non-hydrogen) atoms. The first-order valence-corrected chi connectivity index (χ1v) is 4.93. The van der Waals surface area contributed by atoms with Gasteiger partial charge in [0.15, 0.2) is 6.10 Å². The van der Waals surface area contributed by atoms with Crippen molar-refractivity contribution in [2.75, 3.05) is 13.2 Å². The van der Waals surface area contributed by atoms with Crippen molar-refractivity contribution in [1.29, 1.82) is 0 Å². The van der Waals surface area contributed by atoms with Crippen LogP contribution in [0.1, 0.15) is 13.3 Å². The molecule has 0 fully saturated rings. The van der Waals surface area contributed by atoms with Gasteiger partial charge in [0, 0.05) is 0 Å². The van der Waals surface area contributed by atoms with Gasteiger partial charge >= 0.3 is 12.1 Å². The Kier molecular flexibility index (Phi) is 6.19. The quantitative estimate of drug-likeness (QED) is 0.679. The molecule has 2 atom stereocenters. The van der Waals surface area contributed by atoms with Crippen LogP contribution in [0.2, 0.25) is 0 Å². The van der Waals surface area contributed by atoms with E-state index in [4.69, 9.17) is 10.2 Å². The Bertz CT molecular complexity index is 275. The van der Waals surface area contributed by atoms with Crippen LogP contribution in [-0.4, -0.2) is 41.7 Å². The lowest BCUT2D eigenvalue weighted by Crippen LogP contribution is -2.34. The average molecular weight is 256 g/mol. The monoisotopic (exact) mass is 256 g/mol. The molecule has 0 spiro atoms. The van der Waals surface area contributed by atoms with Crippen LogP contribution in [0.5, 0.6) is 0 Å². The first kappa shape index (κ1) is 15.9. The summed E-state index contributed by atoms with van der Waals surface area (Å²) in [7, 11) is 0. The number of carboxylic acid groups (broad SMARTS) is 1. The molecule has 0 bridgehead atoms. The van der Waals surface area contributed by atoms with E-state index in [0.717, 1.165) is 0 Å². The smallest absolute Gasteiger partial charge is 0.416 e. The fraction of sp³-hybridized carbons (Fsp3) is 0.700. The number of rotatable bonds is 7. The minimum atomic E-state index is -4.76. The van der Waals surface area contributed by atoms with Gasteiger partial charge in [0.2, 0.25) is 0 Å². The Morgan fingerprint density at radius 3 is 2.29 bits per heavy atom. The van der Waals surface area contributed by atoms with Gasteiger partial charge in [0.05, 0.1) is 13.2 Å². The highest BCUT2D eigenvalue weighted by Crippen LogP contribution is 2.20. The van der Waals surface area contributed by atoms with Crippen molar-refractivity contribution in [3.63, 3.8) is 0 Å². The summed E-state index contributed by atoms with van der Waals surface area (Å²) in [5, 5.41) is 17.4. The highest BCUT2D eigenvalue weighted by molar-refractivity contribution is 5.73. The van der Waals surface area contributed by atoms with E-state index in [2.05, 4.69) is 11.3 Å². The highest BCUT2D eigenvalue weighted by atomic mass is 19.4. The Balaban J connectivity index is 4.17. The summed E-state index contributed by atoms with van der Waals surface area (Å²) in [4.78, 5) is 10.7. The van der Waals surface area contributed by atoms with Gasteiger partial charge < -0.3 is 14.9 Å². The second kappa shape index (κ2) is 6.61. The molecule has 0 saturated heterocycles. The molecule has 0 amide bonds. The molecule has 1 unspecified atom stereocenters. The van der Waals surface area contributed by atoms with Crippen LogP contribution < -0.4 is 0 Å². The zero-order valence-corrected chi connectivity index (χ0v) is 9.33. The first-order chi connectivity index (χ1) is 7.70. The topological polar surface area (TPSA) is 66.8 Å². The van der Waals surface area contributed by atoms with Crippen molar-refractivity contribution >= 4 is 5.97 Å². The van der Waals surface area contributed by atoms with Crippen LogP contribution in [0.15, 0.2) is 12.2 Å². The molecule has 0 aromatic rings. The van der Waals surface area contributed by atoms with Crippen LogP contribution in [0.25, 0.3) is 0 Å². The van der Waals surface area contributed by atoms with Crippen molar-refractivity contribution in [2.24, 2.45) is 5.92 Å². The number of aliphatic hydroxyl groups is 1. The summed E-state index contributed by atoms with van der Waals surface area (Å²) in [6.45, 7) is 3.76. The van der Waals surface area contributed by atoms with E-state index in [0.29, 0.717) is 12.0 Å². The summed E-state index contributed by atoms with van der Waals surface area (Å²) in [5.41, 5.74) is 0.360. The van der Waals surface area contributed by atoms with E-state index >= 15 is 0 Å². The normalized spacial score (nSPS) is 15.4. The van der Waals surface area contributed by atoms with E-state index in [1.165, 1.54) is 0 Å². The minimum Gasteiger partial charge on any atom is -0.481 e. The number of ether oxygens (including phenoxy) is 1. The largest absolute Gasteiger partial charge is 0.481 e. The molecule has 0 saturated carbocycles. The number of alkyl halides is 3. The zero-order valence-electron chi connectivity index (χ0n) is 9.33. The average Bonchev–Trinajstić information content (AvgIpc) is 2.21. The standard InChI is InChI=1S/C10H15F3O4/c1-3-6(2)7(9(15)16)4-17-5-8(14)10(11,12)13/h7-8,14H,2-5H2,1H3,(H,15,16)/t7-,8?/m1/s1. The molecule has 2 N–H and O–H groups in total. The highest BCUT2D eigenvalue weighted by Gasteiger charge is 2.38. The number of aliphatic carboxylic acids is 1. The predicted molar refractivity (Wildman–Crippen MR) is 53.4 cm³/mol. The molecule has 0 aliphatic rings. The fourth-order valence-electron chi connectivity index (χ4n) is 1.00. The summed E-state index contributed by atoms with van der Waals surface area (Å²) >= 11 is 0. The zero-order chi connectivity index (χ0) is 13.6. The number of carboxylic acids is 1. The molecule has 7 heteroatoms. The van der Waals surface area contributed by atoms with Crippen molar-refractivity contribution < 1.29 is 32.9 Å². The van der Waals surface area contributed by atoms with Crippen molar-refractivity contribution in [3.05, 3.63) is 12.2 Å². The lowest BCUT2D eigenvalue weighted by atomic mass is 10.00. The van der Waals surface area contributed by atoms with E-state index < -0.39 is 37.4 Å². The maximum Gasteiger partial charge on any atom is 0.416 e. The van der Waals surface area contributed by atoms with Gasteiger partial charge in [-0.05, 0) is 6.42 Å². The molecular formula is C10H15F3O4. The van der Waals surface area contributed by atoms with Gasteiger partial charge in [-0.2, -0.15) is 13.2 Å². The predicted octanol–water partition coefficient (Wildman–Crippen LogP) is 1.59. The fourth-order valence-corrected chi connectivity index (χ4v) is 1.00. The lowest BCUT2D eigenvalue weighted by molar-refractivity contribution is -0.218. The van der Waals surface area contributed by atoms with Crippen molar-refractivity contribution in [2.45, 2.75) is 25.6 Å². The molecule has 0 aromatic heterocycles. The molecule has 0 aliphatic carbocycles. The number of halogens is 3. The van der Waals surface area contributed by atoms with Crippen LogP contribution in [0.3, 0.4) is 0 Å². The first-order valence-electron chi connectivity index (χ1n) is 4.93. The molecule has 0 aliphatic heterocycles. The summed E-state index contributed by atoms with van der Waals surface area (Å²) < 4.78 is 40.2. The molecule has 0 heterocycles. The van der Waals surface area contributed by atoms with E-state index in [9.17, 15) is 18.0 Å². The number of hydrogen-bond donors (Lipinski definition) is 2. The number of hydrogen-bond acceptors (Lipinski definition) is 3. The maximum atomic E-state index is 11.9. The van der Waals surface area contributed by atoms with E-state index in [1.54, 1.807) is 6.92 Å². The molecule has 0 radical (unpaired) electrons. The Morgan fingerprint density at radius 2 is 1.94 bits per heavy atom. The third kappa shape index (κ3) is 5.69. The van der Waals surface area contributed by atoms with Crippen LogP contribution >= 0.6 is 0 Å². The van der Waals surface area contributed by atoms with Crippen LogP contribution in [0.4, 0.5) is 13.2 Å². The van der Waals surface area contributed by atoms with Gasteiger partial charge in [-0.15, -0.1) is 0 Å². The third-order valence-corrected chi connectivity index (χ3v) is 2.18. The third-order valence-electron chi connectivity index (χ3n) is 2.18. The second-order valence-electron chi connectivity index (χ2n) is 3.50. The van der Waals surface area contributed by atoms with Gasteiger partial charge in [0.1, 0.15) is 5.92 Å². The number of aliphatic hydroxyl groups excluding tert-OH is 1. The maximum absolute atomic E-state index is 11.9. The summed E-state index contributed by atoms with van der Waals surface area (Å²) in [6.07, 6.45) is -6.98. The molecular weight excluding hydrogens is 241 g/mol. The Morgan fingerprint density at radius 1 is 1.41 bits per heavy atom. The van der Waals surface area contributed by atoms with Crippen LogP contribution in [0, 0.1) is 5.92 Å². The van der Waals surface area contributed by atoms with E-state index in [1.807, 2.05) is 0 Å². The van der Waals surface area contributed by atoms with Crippen molar-refractivity contribution in [3.8, 4) is 0 Å². The lowest BCUT2D eigenvalue weighted by Gasteiger charge is -2.17. The van der Waals surface area contributed by atoms with E-state index in [-0.39, 0.29) is 0 Å².